The van der Waals surface area contributed by atoms with Crippen molar-refractivity contribution in [2.24, 2.45) is 0 Å². The standard InChI is InChI=1S/C23H17NO5/c1-12-3-5-14(6-4-12)22(26)24-13(2)28-23(27)18-11-21-17(10-19(18)24)16-9-15(25)7-8-20(16)29-21/h3-11,13,25H,1-2H3. The van der Waals surface area contributed by atoms with Gasteiger partial charge in [0.25, 0.3) is 5.91 Å². The second-order valence-corrected chi connectivity index (χ2v) is 7.19. The molecule has 6 nitrogen and oxygen atoms in total. The monoisotopic (exact) mass is 387 g/mol. The van der Waals surface area contributed by atoms with Crippen LogP contribution in [0.25, 0.3) is 21.9 Å². The molecule has 0 bridgehead atoms. The Hall–Kier alpha value is -3.80. The van der Waals surface area contributed by atoms with Crippen LogP contribution in [0.4, 0.5) is 5.69 Å². The molecule has 3 aromatic carbocycles. The lowest BCUT2D eigenvalue weighted by Crippen LogP contribution is -2.45. The van der Waals surface area contributed by atoms with Crippen molar-refractivity contribution in [3.63, 3.8) is 0 Å². The summed E-state index contributed by atoms with van der Waals surface area (Å²) in [6, 6.07) is 15.4. The van der Waals surface area contributed by atoms with E-state index >= 15 is 0 Å². The number of aromatic hydroxyl groups is 1. The zero-order valence-corrected chi connectivity index (χ0v) is 15.8. The van der Waals surface area contributed by atoms with E-state index in [0.29, 0.717) is 33.2 Å². The topological polar surface area (TPSA) is 80.0 Å². The highest BCUT2D eigenvalue weighted by Crippen LogP contribution is 2.39. The fourth-order valence-corrected chi connectivity index (χ4v) is 3.74. The largest absolute Gasteiger partial charge is 0.508 e. The van der Waals surface area contributed by atoms with E-state index in [0.717, 1.165) is 5.56 Å². The Kier molecular flexibility index (Phi) is 3.64. The number of aryl methyl sites for hydroxylation is 1. The van der Waals surface area contributed by atoms with Gasteiger partial charge in [-0.05, 0) is 56.3 Å². The van der Waals surface area contributed by atoms with Crippen LogP contribution in [0.2, 0.25) is 0 Å². The summed E-state index contributed by atoms with van der Waals surface area (Å²) in [7, 11) is 0. The number of carbonyl (C=O) groups is 2. The SMILES string of the molecule is Cc1ccc(C(=O)N2c3cc4c(cc3C(=O)OC2C)oc2ccc(O)cc24)cc1. The maximum Gasteiger partial charge on any atom is 0.342 e. The van der Waals surface area contributed by atoms with Gasteiger partial charge in [-0.25, -0.2) is 4.79 Å². The summed E-state index contributed by atoms with van der Waals surface area (Å²) in [6.45, 7) is 3.61. The third kappa shape index (κ3) is 2.64. The Morgan fingerprint density at radius 1 is 1.00 bits per heavy atom. The fraction of sp³-hybridized carbons (Fsp3) is 0.130. The predicted molar refractivity (Wildman–Crippen MR) is 108 cm³/mol. The molecule has 5 rings (SSSR count). The summed E-state index contributed by atoms with van der Waals surface area (Å²) in [4.78, 5) is 27.2. The van der Waals surface area contributed by atoms with E-state index in [1.807, 2.05) is 19.1 Å². The number of esters is 1. The number of nitrogens with zero attached hydrogens (tertiary/aromatic N) is 1. The van der Waals surface area contributed by atoms with Gasteiger partial charge < -0.3 is 14.3 Å². The van der Waals surface area contributed by atoms with Crippen LogP contribution in [0.3, 0.4) is 0 Å². The van der Waals surface area contributed by atoms with Crippen LogP contribution in [0.15, 0.2) is 59.0 Å². The van der Waals surface area contributed by atoms with Crippen molar-refractivity contribution in [2.45, 2.75) is 20.1 Å². The molecule has 1 aliphatic heterocycles. The summed E-state index contributed by atoms with van der Waals surface area (Å²) in [6.07, 6.45) is -0.757. The first-order valence-corrected chi connectivity index (χ1v) is 9.23. The second kappa shape index (κ2) is 6.10. The molecule has 6 heteroatoms. The van der Waals surface area contributed by atoms with Gasteiger partial charge in [0.05, 0.1) is 11.3 Å². The molecule has 0 saturated heterocycles. The van der Waals surface area contributed by atoms with Crippen LogP contribution in [-0.2, 0) is 4.74 Å². The van der Waals surface area contributed by atoms with Crippen LogP contribution in [0.5, 0.6) is 5.75 Å². The van der Waals surface area contributed by atoms with Gasteiger partial charge in [-0.3, -0.25) is 9.69 Å². The molecule has 2 heterocycles. The van der Waals surface area contributed by atoms with E-state index in [9.17, 15) is 14.7 Å². The Morgan fingerprint density at radius 3 is 2.48 bits per heavy atom. The molecule has 1 amide bonds. The van der Waals surface area contributed by atoms with Gasteiger partial charge in [0, 0.05) is 16.3 Å². The van der Waals surface area contributed by atoms with Crippen LogP contribution >= 0.6 is 0 Å². The average molecular weight is 387 g/mol. The van der Waals surface area contributed by atoms with Gasteiger partial charge in [0.2, 0.25) is 0 Å². The van der Waals surface area contributed by atoms with Crippen LogP contribution in [0.1, 0.15) is 33.2 Å². The molecule has 144 valence electrons. The number of hydrogen-bond acceptors (Lipinski definition) is 5. The number of hydrogen-bond donors (Lipinski definition) is 1. The maximum atomic E-state index is 13.3. The lowest BCUT2D eigenvalue weighted by molar-refractivity contribution is 0.0296. The molecule has 29 heavy (non-hydrogen) atoms. The Balaban J connectivity index is 1.73. The minimum absolute atomic E-state index is 0.110. The minimum atomic E-state index is -0.757. The molecular formula is C23H17NO5. The smallest absolute Gasteiger partial charge is 0.342 e. The van der Waals surface area contributed by atoms with Crippen molar-refractivity contribution in [3.05, 3.63) is 71.3 Å². The number of ether oxygens (including phenoxy) is 1. The first-order chi connectivity index (χ1) is 13.9. The average Bonchev–Trinajstić information content (AvgIpc) is 3.04. The highest BCUT2D eigenvalue weighted by atomic mass is 16.6. The lowest BCUT2D eigenvalue weighted by Gasteiger charge is -2.34. The third-order valence-corrected chi connectivity index (χ3v) is 5.21. The van der Waals surface area contributed by atoms with Gasteiger partial charge in [0.1, 0.15) is 16.9 Å². The molecule has 1 unspecified atom stereocenters. The van der Waals surface area contributed by atoms with Crippen molar-refractivity contribution in [1.82, 2.24) is 0 Å². The van der Waals surface area contributed by atoms with Crippen LogP contribution in [-0.4, -0.2) is 23.2 Å². The van der Waals surface area contributed by atoms with E-state index in [1.165, 1.54) is 11.0 Å². The summed E-state index contributed by atoms with van der Waals surface area (Å²) in [5, 5.41) is 11.3. The zero-order chi connectivity index (χ0) is 20.3. The normalized spacial score (nSPS) is 16.1. The number of cyclic esters (lactones) is 1. The number of amides is 1. The Bertz CT molecular complexity index is 1300. The molecule has 0 radical (unpaired) electrons. The number of carbonyl (C=O) groups excluding carboxylic acids is 2. The summed E-state index contributed by atoms with van der Waals surface area (Å²) in [5.74, 6) is -0.662. The molecule has 1 atom stereocenters. The number of anilines is 1. The van der Waals surface area contributed by atoms with Crippen molar-refractivity contribution in [2.75, 3.05) is 4.90 Å². The number of rotatable bonds is 1. The number of fused-ring (bicyclic) bond motifs is 4. The fourth-order valence-electron chi connectivity index (χ4n) is 3.74. The molecular weight excluding hydrogens is 370 g/mol. The van der Waals surface area contributed by atoms with Gasteiger partial charge in [-0.15, -0.1) is 0 Å². The first kappa shape index (κ1) is 17.3. The molecule has 0 fully saturated rings. The lowest BCUT2D eigenvalue weighted by atomic mass is 10.0. The van der Waals surface area contributed by atoms with Crippen LogP contribution < -0.4 is 4.90 Å². The highest BCUT2D eigenvalue weighted by Gasteiger charge is 2.35. The summed E-state index contributed by atoms with van der Waals surface area (Å²) >= 11 is 0. The van der Waals surface area contributed by atoms with Gasteiger partial charge in [-0.1, -0.05) is 17.7 Å². The number of furan rings is 1. The zero-order valence-electron chi connectivity index (χ0n) is 15.8. The van der Waals surface area contributed by atoms with Crippen LogP contribution in [0, 0.1) is 6.92 Å². The Labute approximate surface area is 165 Å². The molecule has 1 aliphatic rings. The van der Waals surface area contributed by atoms with Gasteiger partial charge in [0.15, 0.2) is 6.23 Å². The van der Waals surface area contributed by atoms with Crippen molar-refractivity contribution in [3.8, 4) is 5.75 Å². The highest BCUT2D eigenvalue weighted by molar-refractivity contribution is 6.16. The molecule has 0 spiro atoms. The number of benzene rings is 3. The Morgan fingerprint density at radius 2 is 1.72 bits per heavy atom. The third-order valence-electron chi connectivity index (χ3n) is 5.21. The molecule has 0 saturated carbocycles. The van der Waals surface area contributed by atoms with Crippen molar-refractivity contribution >= 4 is 39.5 Å². The van der Waals surface area contributed by atoms with E-state index < -0.39 is 12.2 Å². The van der Waals surface area contributed by atoms with E-state index in [-0.39, 0.29) is 17.2 Å². The van der Waals surface area contributed by atoms with E-state index in [1.54, 1.807) is 43.3 Å². The molecule has 0 aliphatic carbocycles. The van der Waals surface area contributed by atoms with E-state index in [2.05, 4.69) is 0 Å². The van der Waals surface area contributed by atoms with Gasteiger partial charge >= 0.3 is 5.97 Å². The number of phenolic OH excluding ortho intramolecular Hbond substituents is 1. The van der Waals surface area contributed by atoms with Crippen molar-refractivity contribution in [1.29, 1.82) is 0 Å². The summed E-state index contributed by atoms with van der Waals surface area (Å²) < 4.78 is 11.2. The first-order valence-electron chi connectivity index (χ1n) is 9.23. The summed E-state index contributed by atoms with van der Waals surface area (Å²) in [5.41, 5.74) is 3.33. The predicted octanol–water partition coefficient (Wildman–Crippen LogP) is 4.76. The van der Waals surface area contributed by atoms with Crippen molar-refractivity contribution < 1.29 is 23.8 Å². The molecule has 4 aromatic rings. The quantitative estimate of drug-likeness (QED) is 0.476. The minimum Gasteiger partial charge on any atom is -0.508 e. The maximum absolute atomic E-state index is 13.3. The second-order valence-electron chi connectivity index (χ2n) is 7.19. The molecule has 1 N–H and O–H groups in total. The number of phenols is 1. The molecule has 1 aromatic heterocycles. The van der Waals surface area contributed by atoms with Gasteiger partial charge in [-0.2, -0.15) is 0 Å². The van der Waals surface area contributed by atoms with E-state index in [4.69, 9.17) is 9.15 Å².